The van der Waals surface area contributed by atoms with E-state index in [0.717, 1.165) is 31.3 Å². The number of hydrogen-bond acceptors (Lipinski definition) is 5. The van der Waals surface area contributed by atoms with E-state index in [4.69, 9.17) is 0 Å². The van der Waals surface area contributed by atoms with Gasteiger partial charge in [-0.1, -0.05) is 18.2 Å². The maximum atomic E-state index is 12.6. The minimum absolute atomic E-state index is 0.340. The largest absolute Gasteiger partial charge is 0.368 e. The first-order valence-electron chi connectivity index (χ1n) is 8.56. The van der Waals surface area contributed by atoms with Gasteiger partial charge in [-0.05, 0) is 38.4 Å². The van der Waals surface area contributed by atoms with E-state index >= 15 is 0 Å². The maximum absolute atomic E-state index is 12.6. The van der Waals surface area contributed by atoms with Crippen LogP contribution in [0.15, 0.2) is 29.1 Å². The second-order valence-electron chi connectivity index (χ2n) is 6.99. The van der Waals surface area contributed by atoms with Gasteiger partial charge in [0.1, 0.15) is 5.69 Å². The summed E-state index contributed by atoms with van der Waals surface area (Å²) in [5.41, 5.74) is 0.233. The lowest BCUT2D eigenvalue weighted by Crippen LogP contribution is -2.38. The van der Waals surface area contributed by atoms with Crippen LogP contribution in [0.4, 0.5) is 11.4 Å². The van der Waals surface area contributed by atoms with Gasteiger partial charge in [-0.15, -0.1) is 0 Å². The molecule has 1 aromatic carbocycles. The molecule has 1 aromatic heterocycles. The second-order valence-corrected chi connectivity index (χ2v) is 6.99. The third kappa shape index (κ3) is 3.24. The molecule has 1 aliphatic rings. The molecule has 25 heavy (non-hydrogen) atoms. The molecule has 0 aliphatic carbocycles. The van der Waals surface area contributed by atoms with Crippen LogP contribution in [0.25, 0.3) is 10.9 Å². The van der Waals surface area contributed by atoms with Crippen molar-refractivity contribution in [3.8, 4) is 0 Å². The lowest BCUT2D eigenvalue weighted by atomic mass is 9.97. The maximum Gasteiger partial charge on any atom is 0.357 e. The van der Waals surface area contributed by atoms with E-state index in [0.29, 0.717) is 23.7 Å². The Hall–Kier alpha value is -2.41. The molecule has 2 aromatic rings. The summed E-state index contributed by atoms with van der Waals surface area (Å²) in [6.07, 6.45) is 2.24. The number of nitrogens with zero attached hydrogens (tertiary/aromatic N) is 4. The lowest BCUT2D eigenvalue weighted by molar-refractivity contribution is -0.385. The number of aromatic nitrogens is 1. The second kappa shape index (κ2) is 6.84. The normalized spacial score (nSPS) is 18.4. The van der Waals surface area contributed by atoms with Crippen LogP contribution in [-0.4, -0.2) is 48.1 Å². The molecule has 134 valence electrons. The Kier molecular flexibility index (Phi) is 4.76. The average molecular weight is 344 g/mol. The Morgan fingerprint density at radius 3 is 2.72 bits per heavy atom. The number of aryl methyl sites for hydroxylation is 1. The predicted molar refractivity (Wildman–Crippen MR) is 99.3 cm³/mol. The van der Waals surface area contributed by atoms with E-state index in [1.165, 1.54) is 4.57 Å². The molecule has 1 unspecified atom stereocenters. The summed E-state index contributed by atoms with van der Waals surface area (Å²) in [5.74, 6) is 0.436. The van der Waals surface area contributed by atoms with Crippen LogP contribution in [-0.2, 0) is 7.05 Å². The van der Waals surface area contributed by atoms with Gasteiger partial charge < -0.3 is 14.4 Å². The van der Waals surface area contributed by atoms with Gasteiger partial charge in [0, 0.05) is 32.6 Å². The zero-order valence-electron chi connectivity index (χ0n) is 14.9. The highest BCUT2D eigenvalue weighted by atomic mass is 16.6. The molecule has 0 saturated carbocycles. The summed E-state index contributed by atoms with van der Waals surface area (Å²) >= 11 is 0. The Labute approximate surface area is 146 Å². The molecule has 0 radical (unpaired) electrons. The number of rotatable bonds is 4. The summed E-state index contributed by atoms with van der Waals surface area (Å²) in [4.78, 5) is 27.9. The number of anilines is 1. The van der Waals surface area contributed by atoms with Crippen molar-refractivity contribution in [1.29, 1.82) is 0 Å². The Balaban J connectivity index is 2.10. The molecule has 3 rings (SSSR count). The van der Waals surface area contributed by atoms with Gasteiger partial charge in [0.2, 0.25) is 0 Å². The number of likely N-dealkylation sites (tertiary alicyclic amines) is 1. The van der Waals surface area contributed by atoms with E-state index in [9.17, 15) is 14.9 Å². The topological polar surface area (TPSA) is 71.6 Å². The smallest absolute Gasteiger partial charge is 0.357 e. The van der Waals surface area contributed by atoms with E-state index in [-0.39, 0.29) is 5.69 Å². The molecule has 7 heteroatoms. The molecule has 0 bridgehead atoms. The average Bonchev–Trinajstić information content (AvgIpc) is 2.57. The highest BCUT2D eigenvalue weighted by Crippen LogP contribution is 2.33. The standard InChI is InChI=1S/C18H24N4O3/c1-19-10-6-7-13(11-19)12-20(2)16-14-8-4-5-9-15(14)21(3)18(23)17(16)22(24)25/h4-5,8-9,13H,6-7,10-12H2,1-3H3. The molecule has 1 fully saturated rings. The molecule has 7 nitrogen and oxygen atoms in total. The van der Waals surface area contributed by atoms with Crippen molar-refractivity contribution in [1.82, 2.24) is 9.47 Å². The van der Waals surface area contributed by atoms with Crippen molar-refractivity contribution < 1.29 is 4.92 Å². The van der Waals surface area contributed by atoms with E-state index < -0.39 is 10.5 Å². The quantitative estimate of drug-likeness (QED) is 0.628. The number of pyridine rings is 1. The molecule has 2 heterocycles. The third-order valence-corrected chi connectivity index (χ3v) is 5.07. The number of benzene rings is 1. The number of nitro groups is 1. The van der Waals surface area contributed by atoms with Crippen molar-refractivity contribution >= 4 is 22.3 Å². The van der Waals surface area contributed by atoms with Crippen molar-refractivity contribution in [3.05, 3.63) is 44.7 Å². The van der Waals surface area contributed by atoms with Crippen molar-refractivity contribution in [2.24, 2.45) is 13.0 Å². The zero-order chi connectivity index (χ0) is 18.1. The zero-order valence-corrected chi connectivity index (χ0v) is 14.9. The summed E-state index contributed by atoms with van der Waals surface area (Å²) in [6, 6.07) is 7.36. The summed E-state index contributed by atoms with van der Waals surface area (Å²) in [7, 11) is 5.53. The molecular weight excluding hydrogens is 320 g/mol. The van der Waals surface area contributed by atoms with Gasteiger partial charge >= 0.3 is 11.2 Å². The fourth-order valence-electron chi connectivity index (χ4n) is 3.92. The Morgan fingerprint density at radius 1 is 1.32 bits per heavy atom. The summed E-state index contributed by atoms with van der Waals surface area (Å²) in [6.45, 7) is 2.76. The minimum atomic E-state index is -0.564. The molecular formula is C18H24N4O3. The number of piperidine rings is 1. The monoisotopic (exact) mass is 344 g/mol. The SMILES string of the molecule is CN1CCCC(CN(C)c2c([N+](=O)[O-])c(=O)n(C)c3ccccc23)C1. The van der Waals surface area contributed by atoms with Crippen molar-refractivity contribution in [2.75, 3.05) is 38.6 Å². The highest BCUT2D eigenvalue weighted by Gasteiger charge is 2.29. The van der Waals surface area contributed by atoms with Crippen LogP contribution in [0.3, 0.4) is 0 Å². The molecule has 0 N–H and O–H groups in total. The summed E-state index contributed by atoms with van der Waals surface area (Å²) in [5, 5.41) is 12.4. The third-order valence-electron chi connectivity index (χ3n) is 5.07. The predicted octanol–water partition coefficient (Wildman–Crippen LogP) is 2.22. The fourth-order valence-corrected chi connectivity index (χ4v) is 3.92. The molecule has 1 atom stereocenters. The fraction of sp³-hybridized carbons (Fsp3) is 0.500. The molecule has 1 aliphatic heterocycles. The van der Waals surface area contributed by atoms with Crippen molar-refractivity contribution in [2.45, 2.75) is 12.8 Å². The van der Waals surface area contributed by atoms with Crippen LogP contribution in [0, 0.1) is 16.0 Å². The Bertz CT molecular complexity index is 861. The lowest BCUT2D eigenvalue weighted by Gasteiger charge is -2.33. The van der Waals surface area contributed by atoms with Crippen molar-refractivity contribution in [3.63, 3.8) is 0 Å². The van der Waals surface area contributed by atoms with Gasteiger partial charge in [-0.2, -0.15) is 0 Å². The van der Waals surface area contributed by atoms with Crippen LogP contribution < -0.4 is 10.5 Å². The number of hydrogen-bond donors (Lipinski definition) is 0. The summed E-state index contributed by atoms with van der Waals surface area (Å²) < 4.78 is 1.36. The molecule has 0 amide bonds. The van der Waals surface area contributed by atoms with Gasteiger partial charge in [0.15, 0.2) is 0 Å². The van der Waals surface area contributed by atoms with Crippen LogP contribution >= 0.6 is 0 Å². The van der Waals surface area contributed by atoms with Gasteiger partial charge in [-0.3, -0.25) is 14.9 Å². The molecule has 0 spiro atoms. The minimum Gasteiger partial charge on any atom is -0.368 e. The first-order chi connectivity index (χ1) is 11.9. The van der Waals surface area contributed by atoms with Gasteiger partial charge in [0.05, 0.1) is 10.4 Å². The van der Waals surface area contributed by atoms with E-state index in [1.807, 2.05) is 36.2 Å². The van der Waals surface area contributed by atoms with Gasteiger partial charge in [0.25, 0.3) is 0 Å². The van der Waals surface area contributed by atoms with Crippen LogP contribution in [0.5, 0.6) is 0 Å². The first kappa shape index (κ1) is 17.4. The number of fused-ring (bicyclic) bond motifs is 1. The molecule has 1 saturated heterocycles. The first-order valence-corrected chi connectivity index (χ1v) is 8.56. The van der Waals surface area contributed by atoms with Crippen LogP contribution in [0.2, 0.25) is 0 Å². The van der Waals surface area contributed by atoms with Crippen LogP contribution in [0.1, 0.15) is 12.8 Å². The Morgan fingerprint density at radius 2 is 2.04 bits per heavy atom. The van der Waals surface area contributed by atoms with E-state index in [1.54, 1.807) is 7.05 Å². The van der Waals surface area contributed by atoms with E-state index in [2.05, 4.69) is 11.9 Å². The highest BCUT2D eigenvalue weighted by molar-refractivity contribution is 5.96. The number of para-hydroxylation sites is 1. The van der Waals surface area contributed by atoms with Gasteiger partial charge in [-0.25, -0.2) is 0 Å².